The summed E-state index contributed by atoms with van der Waals surface area (Å²) in [5.74, 6) is 0.547. The van der Waals surface area contributed by atoms with Crippen LogP contribution in [0.2, 0.25) is 0 Å². The summed E-state index contributed by atoms with van der Waals surface area (Å²) < 4.78 is 2.42. The molecule has 0 bridgehead atoms. The van der Waals surface area contributed by atoms with E-state index in [-0.39, 0.29) is 43.5 Å². The molecule has 0 unspecified atom stereocenters. The van der Waals surface area contributed by atoms with Gasteiger partial charge in [0.25, 0.3) is 0 Å². The van der Waals surface area contributed by atoms with Gasteiger partial charge in [-0.1, -0.05) is 90.1 Å². The smallest absolute Gasteiger partial charge is 0.162 e. The van der Waals surface area contributed by atoms with Crippen LogP contribution >= 0.6 is 0 Å². The number of allylic oxidation sites excluding steroid dienone is 2. The Labute approximate surface area is 291 Å². The number of carbonyl (C=O) groups excluding carboxylic acids is 1. The van der Waals surface area contributed by atoms with Gasteiger partial charge >= 0.3 is 0 Å². The van der Waals surface area contributed by atoms with Crippen molar-refractivity contribution in [2.75, 3.05) is 0 Å². The van der Waals surface area contributed by atoms with Crippen LogP contribution in [0.3, 0.4) is 0 Å². The summed E-state index contributed by atoms with van der Waals surface area (Å²) in [5, 5.41) is 16.1. The predicted octanol–water partition coefficient (Wildman–Crippen LogP) is 11.3. The summed E-state index contributed by atoms with van der Waals surface area (Å²) >= 11 is 0. The van der Waals surface area contributed by atoms with E-state index in [1.165, 1.54) is 55.1 Å². The van der Waals surface area contributed by atoms with Crippen molar-refractivity contribution in [3.8, 4) is 11.3 Å². The van der Waals surface area contributed by atoms with Crippen LogP contribution in [0.1, 0.15) is 64.5 Å². The van der Waals surface area contributed by atoms with Crippen LogP contribution in [0.4, 0.5) is 0 Å². The predicted molar refractivity (Wildman–Crippen MR) is 194 cm³/mol. The molecule has 1 N–H and O–H groups in total. The van der Waals surface area contributed by atoms with Gasteiger partial charge in [0.1, 0.15) is 0 Å². The van der Waals surface area contributed by atoms with E-state index in [9.17, 15) is 9.90 Å². The maximum absolute atomic E-state index is 11.7. The number of rotatable bonds is 8. The molecule has 3 heterocycles. The van der Waals surface area contributed by atoms with Gasteiger partial charge in [-0.25, -0.2) is 0 Å². The Bertz CT molecular complexity index is 2200. The van der Waals surface area contributed by atoms with Crippen molar-refractivity contribution in [1.29, 1.82) is 0 Å². The topological polar surface area (TPSA) is 54.6 Å². The molecule has 0 aliphatic heterocycles. The van der Waals surface area contributed by atoms with E-state index in [0.29, 0.717) is 0 Å². The summed E-state index contributed by atoms with van der Waals surface area (Å²) in [7, 11) is 0. The molecule has 1 radical (unpaired) electrons. The van der Waals surface area contributed by atoms with Crippen LogP contribution in [0.5, 0.6) is 0 Å². The molecule has 4 nitrogen and oxygen atoms in total. The molecular formula is C42H43IrN2O2-. The molecule has 4 aromatic carbocycles. The number of para-hydroxylation sites is 2. The molecule has 0 saturated heterocycles. The molecule has 0 fully saturated rings. The zero-order chi connectivity index (χ0) is 32.5. The zero-order valence-electron chi connectivity index (χ0n) is 28.1. The van der Waals surface area contributed by atoms with Gasteiger partial charge in [0, 0.05) is 59.6 Å². The molecule has 243 valence electrons. The molecule has 0 atom stereocenters. The maximum atomic E-state index is 11.7. The van der Waals surface area contributed by atoms with Crippen LogP contribution < -0.4 is 0 Å². The van der Waals surface area contributed by atoms with Gasteiger partial charge in [0.2, 0.25) is 0 Å². The Kier molecular flexibility index (Phi) is 10.5. The number of pyridine rings is 2. The summed E-state index contributed by atoms with van der Waals surface area (Å²) in [4.78, 5) is 16.8. The molecule has 7 aromatic rings. The van der Waals surface area contributed by atoms with Crippen molar-refractivity contribution in [2.24, 2.45) is 11.8 Å². The van der Waals surface area contributed by atoms with Gasteiger partial charge in [0.15, 0.2) is 5.78 Å². The monoisotopic (exact) mass is 800 g/mol. The molecule has 47 heavy (non-hydrogen) atoms. The molecule has 0 aliphatic rings. The second-order valence-electron chi connectivity index (χ2n) is 12.5. The van der Waals surface area contributed by atoms with Crippen LogP contribution in [0.15, 0.2) is 90.7 Å². The molecule has 3 aromatic heterocycles. The fourth-order valence-corrected chi connectivity index (χ4v) is 7.10. The normalized spacial score (nSPS) is 12.0. The van der Waals surface area contributed by atoms with Crippen LogP contribution in [0, 0.1) is 31.7 Å². The number of ketones is 1. The maximum Gasteiger partial charge on any atom is 0.162 e. The quantitative estimate of drug-likeness (QED) is 0.0548. The number of hydrogen-bond donors (Lipinski definition) is 1. The summed E-state index contributed by atoms with van der Waals surface area (Å²) in [5.41, 5.74) is 9.17. The number of benzene rings is 4. The van der Waals surface area contributed by atoms with E-state index in [1.807, 2.05) is 27.7 Å². The third-order valence-electron chi connectivity index (χ3n) is 9.54. The first kappa shape index (κ1) is 34.3. The van der Waals surface area contributed by atoms with Gasteiger partial charge < -0.3 is 9.51 Å². The second-order valence-corrected chi connectivity index (χ2v) is 12.5. The fraction of sp³-hybridized carbons (Fsp3) is 0.286. The number of nitrogens with zero attached hydrogens (tertiary/aromatic N) is 2. The van der Waals surface area contributed by atoms with E-state index in [1.54, 1.807) is 0 Å². The molecule has 0 saturated carbocycles. The van der Waals surface area contributed by atoms with Crippen LogP contribution in [0.25, 0.3) is 60.3 Å². The third-order valence-corrected chi connectivity index (χ3v) is 9.54. The second kappa shape index (κ2) is 14.4. The number of aliphatic hydroxyl groups excluding tert-OH is 1. The summed E-state index contributed by atoms with van der Waals surface area (Å²) in [6, 6.07) is 31.9. The van der Waals surface area contributed by atoms with Gasteiger partial charge in [-0.3, -0.25) is 9.78 Å². The average molecular weight is 800 g/mol. The molecule has 7 rings (SSSR count). The number of aryl methyl sites for hydroxylation is 2. The minimum atomic E-state index is 0. The Morgan fingerprint density at radius 2 is 1.40 bits per heavy atom. The van der Waals surface area contributed by atoms with E-state index in [4.69, 9.17) is 4.98 Å². The number of hydrogen-bond acceptors (Lipinski definition) is 3. The van der Waals surface area contributed by atoms with Crippen LogP contribution in [-0.2, 0) is 24.9 Å². The van der Waals surface area contributed by atoms with Gasteiger partial charge in [-0.05, 0) is 55.0 Å². The Morgan fingerprint density at radius 3 is 2.09 bits per heavy atom. The van der Waals surface area contributed by atoms with Gasteiger partial charge in [0.05, 0.1) is 27.8 Å². The molecule has 0 spiro atoms. The number of fused-ring (bicyclic) bond motifs is 5. The molecular weight excluding hydrogens is 757 g/mol. The summed E-state index contributed by atoms with van der Waals surface area (Å²) in [6.07, 6.45) is 4.91. The largest absolute Gasteiger partial charge is 0.512 e. The standard InChI is InChI=1S/C29H19N2.C13H24O2.Ir/c1-17-13-18(2)15-19(14-17)25-16-23-22-9-5-8-21-20-7-3-4-11-26(20)31(29(21)22)27-12-6-10-24(30-25)28(23)27;1-5-10(6-2)12(14)9-13(15)11(7-3)8-4;/h3-14,16H,1-2H3;9-11,14H,5-8H2,1-4H3;/q-1;;/b;12-9-;. The Hall–Kier alpha value is -4.05. The molecule has 5 heteroatoms. The van der Waals surface area contributed by atoms with Crippen molar-refractivity contribution >= 4 is 54.8 Å². The first-order chi connectivity index (χ1) is 22.3. The average Bonchev–Trinajstić information content (AvgIpc) is 3.39. The van der Waals surface area contributed by atoms with Gasteiger partial charge in [-0.15, -0.1) is 34.9 Å². The minimum Gasteiger partial charge on any atom is -0.512 e. The Balaban J connectivity index is 0.000000234. The van der Waals surface area contributed by atoms with Crippen molar-refractivity contribution in [3.63, 3.8) is 0 Å². The minimum absolute atomic E-state index is 0. The Morgan fingerprint density at radius 1 is 0.787 bits per heavy atom. The van der Waals surface area contributed by atoms with Crippen molar-refractivity contribution in [2.45, 2.75) is 67.2 Å². The van der Waals surface area contributed by atoms with Crippen molar-refractivity contribution in [3.05, 3.63) is 108 Å². The summed E-state index contributed by atoms with van der Waals surface area (Å²) in [6.45, 7) is 12.3. The van der Waals surface area contributed by atoms with Gasteiger partial charge in [-0.2, -0.15) is 0 Å². The fourth-order valence-electron chi connectivity index (χ4n) is 7.10. The molecule has 0 aliphatic carbocycles. The van der Waals surface area contributed by atoms with E-state index >= 15 is 0 Å². The number of carbonyl (C=O) groups is 1. The third kappa shape index (κ3) is 6.32. The number of aromatic nitrogens is 2. The SMILES string of the molecule is CCC(CC)C(=O)/C=C(\O)C(CC)CC.Cc1[c-]c(-c2cc3c4cccc5c6ccccc6n(c6cccc(n2)c36)c45)cc(C)c1.[Ir]. The molecule has 0 amide bonds. The zero-order valence-corrected chi connectivity index (χ0v) is 30.5. The van der Waals surface area contributed by atoms with E-state index < -0.39 is 0 Å². The number of aliphatic hydroxyl groups is 1. The first-order valence-corrected chi connectivity index (χ1v) is 16.7. The van der Waals surface area contributed by atoms with E-state index in [2.05, 4.69) is 103 Å². The first-order valence-electron chi connectivity index (χ1n) is 16.7. The van der Waals surface area contributed by atoms with E-state index in [0.717, 1.165) is 48.0 Å². The van der Waals surface area contributed by atoms with Crippen molar-refractivity contribution in [1.82, 2.24) is 9.38 Å². The van der Waals surface area contributed by atoms with Crippen LogP contribution in [-0.4, -0.2) is 20.3 Å². The van der Waals surface area contributed by atoms with Crippen molar-refractivity contribution < 1.29 is 30.0 Å².